The SMILES string of the molecule is CNC(/C=C/C(=O)O)c1ccc(OC)c(C(C)C)c1. The van der Waals surface area contributed by atoms with Gasteiger partial charge >= 0.3 is 5.97 Å². The van der Waals surface area contributed by atoms with E-state index in [9.17, 15) is 4.79 Å². The number of nitrogens with one attached hydrogen (secondary N) is 1. The summed E-state index contributed by atoms with van der Waals surface area (Å²) in [5, 5.41) is 11.8. The number of hydrogen-bond acceptors (Lipinski definition) is 3. The Morgan fingerprint density at radius 2 is 2.11 bits per heavy atom. The van der Waals surface area contributed by atoms with Crippen molar-refractivity contribution in [3.05, 3.63) is 41.5 Å². The van der Waals surface area contributed by atoms with Gasteiger partial charge in [-0.05, 0) is 36.2 Å². The second-order valence-corrected chi connectivity index (χ2v) is 4.62. The highest BCUT2D eigenvalue weighted by Gasteiger charge is 2.12. The number of likely N-dealkylation sites (N-methyl/N-ethyl adjacent to an activating group) is 1. The predicted molar refractivity (Wildman–Crippen MR) is 75.7 cm³/mol. The number of carboxylic acid groups (broad SMARTS) is 1. The zero-order chi connectivity index (χ0) is 14.4. The molecule has 0 heterocycles. The smallest absolute Gasteiger partial charge is 0.328 e. The average molecular weight is 263 g/mol. The Morgan fingerprint density at radius 3 is 2.58 bits per heavy atom. The van der Waals surface area contributed by atoms with Gasteiger partial charge in [0.25, 0.3) is 0 Å². The molecule has 4 nitrogen and oxygen atoms in total. The molecule has 0 fully saturated rings. The highest BCUT2D eigenvalue weighted by atomic mass is 16.5. The maximum Gasteiger partial charge on any atom is 0.328 e. The number of hydrogen-bond donors (Lipinski definition) is 2. The summed E-state index contributed by atoms with van der Waals surface area (Å²) in [6, 6.07) is 5.79. The fourth-order valence-corrected chi connectivity index (χ4v) is 1.95. The van der Waals surface area contributed by atoms with Crippen molar-refractivity contribution in [2.75, 3.05) is 14.2 Å². The fourth-order valence-electron chi connectivity index (χ4n) is 1.95. The monoisotopic (exact) mass is 263 g/mol. The van der Waals surface area contributed by atoms with Crippen molar-refractivity contribution >= 4 is 5.97 Å². The lowest BCUT2D eigenvalue weighted by atomic mass is 9.96. The van der Waals surface area contributed by atoms with Crippen LogP contribution in [-0.2, 0) is 4.79 Å². The van der Waals surface area contributed by atoms with E-state index >= 15 is 0 Å². The average Bonchev–Trinajstić information content (AvgIpc) is 2.38. The van der Waals surface area contributed by atoms with E-state index in [0.717, 1.165) is 23.0 Å². The first-order chi connectivity index (χ1) is 8.99. The number of methoxy groups -OCH3 is 1. The lowest BCUT2D eigenvalue weighted by molar-refractivity contribution is -0.131. The molecule has 1 aromatic rings. The molecule has 0 saturated carbocycles. The van der Waals surface area contributed by atoms with E-state index in [2.05, 4.69) is 25.2 Å². The van der Waals surface area contributed by atoms with Gasteiger partial charge in [0.15, 0.2) is 0 Å². The highest BCUT2D eigenvalue weighted by Crippen LogP contribution is 2.29. The molecule has 104 valence electrons. The van der Waals surface area contributed by atoms with Gasteiger partial charge in [-0.15, -0.1) is 0 Å². The molecule has 0 bridgehead atoms. The van der Waals surface area contributed by atoms with Gasteiger partial charge in [0.2, 0.25) is 0 Å². The second-order valence-electron chi connectivity index (χ2n) is 4.62. The molecule has 19 heavy (non-hydrogen) atoms. The van der Waals surface area contributed by atoms with Crippen LogP contribution in [0, 0.1) is 0 Å². The molecule has 2 N–H and O–H groups in total. The van der Waals surface area contributed by atoms with Gasteiger partial charge in [-0.1, -0.05) is 26.0 Å². The summed E-state index contributed by atoms with van der Waals surface area (Å²) in [5.74, 6) is 0.254. The molecule has 1 atom stereocenters. The largest absolute Gasteiger partial charge is 0.496 e. The number of carbonyl (C=O) groups is 1. The first-order valence-electron chi connectivity index (χ1n) is 6.25. The van der Waals surface area contributed by atoms with Crippen molar-refractivity contribution in [2.45, 2.75) is 25.8 Å². The zero-order valence-electron chi connectivity index (χ0n) is 11.8. The van der Waals surface area contributed by atoms with Crippen molar-refractivity contribution in [1.29, 1.82) is 0 Å². The molecule has 1 rings (SSSR count). The summed E-state index contributed by atoms with van der Waals surface area (Å²) >= 11 is 0. The maximum atomic E-state index is 10.6. The third-order valence-corrected chi connectivity index (χ3v) is 2.98. The molecule has 0 aliphatic heterocycles. The van der Waals surface area contributed by atoms with Gasteiger partial charge in [0.1, 0.15) is 5.75 Å². The molecule has 0 aliphatic carbocycles. The first kappa shape index (κ1) is 15.2. The van der Waals surface area contributed by atoms with Gasteiger partial charge in [-0.25, -0.2) is 4.79 Å². The van der Waals surface area contributed by atoms with Crippen molar-refractivity contribution in [3.8, 4) is 5.75 Å². The minimum Gasteiger partial charge on any atom is -0.496 e. The fraction of sp³-hybridized carbons (Fsp3) is 0.400. The number of aliphatic carboxylic acids is 1. The summed E-state index contributed by atoms with van der Waals surface area (Å²) < 4.78 is 5.34. The lowest BCUT2D eigenvalue weighted by Crippen LogP contribution is -2.14. The summed E-state index contributed by atoms with van der Waals surface area (Å²) in [4.78, 5) is 10.6. The van der Waals surface area contributed by atoms with Gasteiger partial charge in [-0.3, -0.25) is 0 Å². The van der Waals surface area contributed by atoms with Crippen LogP contribution in [0.25, 0.3) is 0 Å². The summed E-state index contributed by atoms with van der Waals surface area (Å²) in [5.41, 5.74) is 2.13. The molecule has 0 amide bonds. The Labute approximate surface area is 114 Å². The standard InChI is InChI=1S/C15H21NO3/c1-10(2)12-9-11(5-7-14(12)19-4)13(16-3)6-8-15(17)18/h5-10,13,16H,1-4H3,(H,17,18)/b8-6+. The Kier molecular flexibility index (Phi) is 5.57. The predicted octanol–water partition coefficient (Wildman–Crippen LogP) is 2.72. The first-order valence-corrected chi connectivity index (χ1v) is 6.25. The van der Waals surface area contributed by atoms with Crippen molar-refractivity contribution < 1.29 is 14.6 Å². The minimum absolute atomic E-state index is 0.125. The molecule has 0 saturated heterocycles. The molecular weight excluding hydrogens is 242 g/mol. The molecular formula is C15H21NO3. The van der Waals surface area contributed by atoms with E-state index in [1.54, 1.807) is 20.2 Å². The molecule has 0 aromatic heterocycles. The molecule has 4 heteroatoms. The van der Waals surface area contributed by atoms with Crippen molar-refractivity contribution in [2.24, 2.45) is 0 Å². The van der Waals surface area contributed by atoms with Gasteiger partial charge in [0.05, 0.1) is 13.2 Å². The van der Waals surface area contributed by atoms with Gasteiger partial charge in [-0.2, -0.15) is 0 Å². The van der Waals surface area contributed by atoms with Crippen LogP contribution in [0.1, 0.15) is 36.9 Å². The van der Waals surface area contributed by atoms with Crippen LogP contribution in [0.4, 0.5) is 0 Å². The third kappa shape index (κ3) is 4.10. The summed E-state index contributed by atoms with van der Waals surface area (Å²) in [6.07, 6.45) is 2.79. The normalized spacial score (nSPS) is 12.9. The molecule has 1 unspecified atom stereocenters. The van der Waals surface area contributed by atoms with Crippen LogP contribution >= 0.6 is 0 Å². The Bertz CT molecular complexity index is 466. The van der Waals surface area contributed by atoms with Crippen LogP contribution < -0.4 is 10.1 Å². The summed E-state index contributed by atoms with van der Waals surface area (Å²) in [6.45, 7) is 4.20. The Balaban J connectivity index is 3.11. The van der Waals surface area contributed by atoms with E-state index < -0.39 is 5.97 Å². The quantitative estimate of drug-likeness (QED) is 0.775. The molecule has 0 spiro atoms. The summed E-state index contributed by atoms with van der Waals surface area (Å²) in [7, 11) is 3.46. The topological polar surface area (TPSA) is 58.6 Å². The Morgan fingerprint density at radius 1 is 1.42 bits per heavy atom. The van der Waals surface area contributed by atoms with Crippen LogP contribution in [0.3, 0.4) is 0 Å². The van der Waals surface area contributed by atoms with Crippen molar-refractivity contribution in [1.82, 2.24) is 5.32 Å². The van der Waals surface area contributed by atoms with Crippen LogP contribution in [-0.4, -0.2) is 25.2 Å². The highest BCUT2D eigenvalue weighted by molar-refractivity contribution is 5.79. The van der Waals surface area contributed by atoms with Gasteiger partial charge in [0, 0.05) is 6.08 Å². The Hall–Kier alpha value is -1.81. The molecule has 0 aliphatic rings. The van der Waals surface area contributed by atoms with Crippen LogP contribution in [0.5, 0.6) is 5.75 Å². The van der Waals surface area contributed by atoms with Crippen LogP contribution in [0.15, 0.2) is 30.4 Å². The van der Waals surface area contributed by atoms with E-state index in [0.29, 0.717) is 5.92 Å². The number of benzene rings is 1. The molecule has 1 aromatic carbocycles. The van der Waals surface area contributed by atoms with E-state index in [-0.39, 0.29) is 6.04 Å². The lowest BCUT2D eigenvalue weighted by Gasteiger charge is -2.17. The molecule has 0 radical (unpaired) electrons. The zero-order valence-corrected chi connectivity index (χ0v) is 11.8. The minimum atomic E-state index is -0.946. The van der Waals surface area contributed by atoms with E-state index in [1.165, 1.54) is 0 Å². The second kappa shape index (κ2) is 6.95. The number of rotatable bonds is 6. The maximum absolute atomic E-state index is 10.6. The third-order valence-electron chi connectivity index (χ3n) is 2.98. The van der Waals surface area contributed by atoms with Gasteiger partial charge < -0.3 is 15.2 Å². The van der Waals surface area contributed by atoms with Crippen LogP contribution in [0.2, 0.25) is 0 Å². The van der Waals surface area contributed by atoms with Crippen molar-refractivity contribution in [3.63, 3.8) is 0 Å². The number of carboxylic acids is 1. The number of ether oxygens (including phenoxy) is 1. The van der Waals surface area contributed by atoms with E-state index in [4.69, 9.17) is 9.84 Å². The van der Waals surface area contributed by atoms with E-state index in [1.807, 2.05) is 12.1 Å².